The summed E-state index contributed by atoms with van der Waals surface area (Å²) in [4.78, 5) is 11.4. The number of amides is 1. The fourth-order valence-corrected chi connectivity index (χ4v) is 3.96. The van der Waals surface area contributed by atoms with Crippen LogP contribution in [0.4, 0.5) is 0 Å². The predicted octanol–water partition coefficient (Wildman–Crippen LogP) is -0.278. The number of ether oxygens (including phenoxy) is 2. The fraction of sp³-hybridized carbons (Fsp3) is 0.923. The molecule has 1 spiro atoms. The first-order valence-electron chi connectivity index (χ1n) is 7.23. The molecule has 8 heteroatoms. The fourth-order valence-electron chi connectivity index (χ4n) is 3.07. The molecule has 1 amide bonds. The topological polar surface area (TPSA) is 84.9 Å². The first-order chi connectivity index (χ1) is 9.85. The molecular weight excluding hydrogens is 296 g/mol. The molecule has 0 aromatic heterocycles. The highest BCUT2D eigenvalue weighted by molar-refractivity contribution is 7.88. The molecular formula is C13H24N2O5S. The van der Waals surface area contributed by atoms with Gasteiger partial charge in [-0.3, -0.25) is 4.79 Å². The zero-order chi connectivity index (χ0) is 15.5. The van der Waals surface area contributed by atoms with E-state index in [1.165, 1.54) is 17.7 Å². The van der Waals surface area contributed by atoms with Crippen LogP contribution in [0.25, 0.3) is 0 Å². The lowest BCUT2D eigenvalue weighted by Crippen LogP contribution is -2.47. The monoisotopic (exact) mass is 320 g/mol. The average molecular weight is 320 g/mol. The van der Waals surface area contributed by atoms with Crippen LogP contribution in [0.5, 0.6) is 0 Å². The van der Waals surface area contributed by atoms with E-state index in [4.69, 9.17) is 9.47 Å². The van der Waals surface area contributed by atoms with Gasteiger partial charge >= 0.3 is 0 Å². The zero-order valence-corrected chi connectivity index (χ0v) is 13.4. The molecule has 0 aliphatic carbocycles. The van der Waals surface area contributed by atoms with Gasteiger partial charge in [0.1, 0.15) is 6.61 Å². The third-order valence-corrected chi connectivity index (χ3v) is 5.38. The highest BCUT2D eigenvalue weighted by atomic mass is 32.2. The molecule has 122 valence electrons. The van der Waals surface area contributed by atoms with E-state index in [1.54, 1.807) is 0 Å². The van der Waals surface area contributed by atoms with Crippen LogP contribution >= 0.6 is 0 Å². The van der Waals surface area contributed by atoms with Crippen LogP contribution in [-0.4, -0.2) is 69.9 Å². The molecule has 2 fully saturated rings. The van der Waals surface area contributed by atoms with Gasteiger partial charge in [-0.15, -0.1) is 0 Å². The highest BCUT2D eigenvalue weighted by Crippen LogP contribution is 2.37. The second-order valence-corrected chi connectivity index (χ2v) is 7.88. The van der Waals surface area contributed by atoms with Crippen molar-refractivity contribution in [2.75, 3.05) is 39.6 Å². The molecule has 2 aliphatic heterocycles. The van der Waals surface area contributed by atoms with Crippen LogP contribution in [0, 0.1) is 0 Å². The van der Waals surface area contributed by atoms with Crippen molar-refractivity contribution in [3.05, 3.63) is 0 Å². The van der Waals surface area contributed by atoms with Crippen LogP contribution in [0.3, 0.4) is 0 Å². The summed E-state index contributed by atoms with van der Waals surface area (Å²) in [5, 5.41) is 2.78. The van der Waals surface area contributed by atoms with E-state index in [0.717, 1.165) is 25.7 Å². The van der Waals surface area contributed by atoms with Gasteiger partial charge in [-0.25, -0.2) is 8.42 Å². The maximum Gasteiger partial charge on any atom is 0.246 e. The summed E-state index contributed by atoms with van der Waals surface area (Å²) in [7, 11) is -1.69. The summed E-state index contributed by atoms with van der Waals surface area (Å²) < 4.78 is 35.6. The second-order valence-electron chi connectivity index (χ2n) is 5.90. The molecule has 1 N–H and O–H groups in total. The summed E-state index contributed by atoms with van der Waals surface area (Å²) in [6.45, 7) is 1.43. The largest absolute Gasteiger partial charge is 0.375 e. The molecule has 0 unspecified atom stereocenters. The number of sulfonamides is 1. The minimum absolute atomic E-state index is 0.0414. The summed E-state index contributed by atoms with van der Waals surface area (Å²) in [6, 6.07) is 0. The van der Waals surface area contributed by atoms with Crippen molar-refractivity contribution < 1.29 is 22.7 Å². The highest BCUT2D eigenvalue weighted by Gasteiger charge is 2.45. The number of nitrogens with one attached hydrogen (secondary N) is 1. The summed E-state index contributed by atoms with van der Waals surface area (Å²) in [5.74, 6) is -0.162. The van der Waals surface area contributed by atoms with Crippen molar-refractivity contribution in [1.29, 1.82) is 0 Å². The Morgan fingerprint density at radius 3 is 2.86 bits per heavy atom. The Hall–Kier alpha value is -0.700. The number of methoxy groups -OCH3 is 1. The van der Waals surface area contributed by atoms with E-state index in [1.807, 2.05) is 0 Å². The number of nitrogens with zero attached hydrogens (tertiary/aromatic N) is 1. The van der Waals surface area contributed by atoms with Gasteiger partial charge in [-0.05, 0) is 25.7 Å². The van der Waals surface area contributed by atoms with Gasteiger partial charge in [0.25, 0.3) is 0 Å². The van der Waals surface area contributed by atoms with E-state index >= 15 is 0 Å². The molecule has 0 aromatic carbocycles. The Labute approximate surface area is 126 Å². The molecule has 0 saturated carbocycles. The van der Waals surface area contributed by atoms with Gasteiger partial charge in [0.05, 0.1) is 18.0 Å². The van der Waals surface area contributed by atoms with Crippen LogP contribution in [0.2, 0.25) is 0 Å². The Balaban J connectivity index is 1.88. The zero-order valence-electron chi connectivity index (χ0n) is 12.6. The van der Waals surface area contributed by atoms with E-state index < -0.39 is 10.0 Å². The summed E-state index contributed by atoms with van der Waals surface area (Å²) in [5.41, 5.74) is -0.377. The van der Waals surface area contributed by atoms with E-state index in [-0.39, 0.29) is 24.2 Å². The third-order valence-electron chi connectivity index (χ3n) is 4.13. The van der Waals surface area contributed by atoms with Crippen LogP contribution in [-0.2, 0) is 24.3 Å². The number of carbonyl (C=O) groups is 1. The Kier molecular flexibility index (Phi) is 5.24. The molecule has 7 nitrogen and oxygen atoms in total. The van der Waals surface area contributed by atoms with E-state index in [0.29, 0.717) is 19.6 Å². The number of hydrogen-bond donors (Lipinski definition) is 1. The minimum Gasteiger partial charge on any atom is -0.375 e. The lowest BCUT2D eigenvalue weighted by atomic mass is 9.90. The van der Waals surface area contributed by atoms with Gasteiger partial charge in [0.2, 0.25) is 15.9 Å². The Morgan fingerprint density at radius 1 is 1.48 bits per heavy atom. The van der Waals surface area contributed by atoms with Crippen molar-refractivity contribution in [3.8, 4) is 0 Å². The molecule has 0 bridgehead atoms. The standard InChI is InChI=1S/C13H24N2O5S/c1-19-9-12(16)14-8-11-4-3-5-13(20-11)6-7-15(10-13)21(2,17)18/h11H,3-10H2,1-2H3,(H,14,16)/t11-,13+/m0/s1. The third kappa shape index (κ3) is 4.38. The minimum atomic E-state index is -3.16. The quantitative estimate of drug-likeness (QED) is 0.753. The molecule has 0 aromatic rings. The van der Waals surface area contributed by atoms with Gasteiger partial charge in [-0.2, -0.15) is 4.31 Å². The molecule has 2 aliphatic rings. The number of carbonyl (C=O) groups excluding carboxylic acids is 1. The van der Waals surface area contributed by atoms with E-state index in [9.17, 15) is 13.2 Å². The summed E-state index contributed by atoms with van der Waals surface area (Å²) in [6.07, 6.45) is 4.65. The van der Waals surface area contributed by atoms with Gasteiger partial charge in [0.15, 0.2) is 0 Å². The van der Waals surface area contributed by atoms with Gasteiger partial charge in [0, 0.05) is 26.7 Å². The van der Waals surface area contributed by atoms with Crippen molar-refractivity contribution >= 4 is 15.9 Å². The van der Waals surface area contributed by atoms with E-state index in [2.05, 4.69) is 5.32 Å². The molecule has 2 atom stereocenters. The molecule has 21 heavy (non-hydrogen) atoms. The van der Waals surface area contributed by atoms with Crippen molar-refractivity contribution in [3.63, 3.8) is 0 Å². The van der Waals surface area contributed by atoms with Crippen molar-refractivity contribution in [1.82, 2.24) is 9.62 Å². The second kappa shape index (κ2) is 6.60. The van der Waals surface area contributed by atoms with Crippen molar-refractivity contribution in [2.45, 2.75) is 37.4 Å². The normalized spacial score (nSPS) is 30.7. The van der Waals surface area contributed by atoms with Gasteiger partial charge in [-0.1, -0.05) is 0 Å². The summed E-state index contributed by atoms with van der Waals surface area (Å²) >= 11 is 0. The molecule has 2 heterocycles. The number of hydrogen-bond acceptors (Lipinski definition) is 5. The first-order valence-corrected chi connectivity index (χ1v) is 9.08. The predicted molar refractivity (Wildman–Crippen MR) is 77.4 cm³/mol. The van der Waals surface area contributed by atoms with Gasteiger partial charge < -0.3 is 14.8 Å². The molecule has 2 saturated heterocycles. The van der Waals surface area contributed by atoms with Crippen LogP contribution in [0.15, 0.2) is 0 Å². The molecule has 2 rings (SSSR count). The van der Waals surface area contributed by atoms with Crippen LogP contribution in [0.1, 0.15) is 25.7 Å². The average Bonchev–Trinajstić information content (AvgIpc) is 2.81. The van der Waals surface area contributed by atoms with Crippen LogP contribution < -0.4 is 5.32 Å². The lowest BCUT2D eigenvalue weighted by Gasteiger charge is -2.38. The smallest absolute Gasteiger partial charge is 0.246 e. The Bertz CT molecular complexity index is 481. The first kappa shape index (κ1) is 16.7. The number of rotatable bonds is 5. The maximum absolute atomic E-state index is 11.6. The SMILES string of the molecule is COCC(=O)NC[C@@H]1CCC[C@]2(CCN(S(C)(=O)=O)C2)O1. The van der Waals surface area contributed by atoms with Crippen molar-refractivity contribution in [2.24, 2.45) is 0 Å². The lowest BCUT2D eigenvalue weighted by molar-refractivity contribution is -0.132. The Morgan fingerprint density at radius 2 is 2.24 bits per heavy atom. The molecule has 0 radical (unpaired) electrons. The maximum atomic E-state index is 11.6.